The van der Waals surface area contributed by atoms with Crippen LogP contribution >= 0.6 is 28.1 Å². The zero-order valence-corrected chi connectivity index (χ0v) is 15.0. The Morgan fingerprint density at radius 3 is 2.59 bits per heavy atom. The van der Waals surface area contributed by atoms with Crippen LogP contribution in [0.5, 0.6) is 5.75 Å². The molecule has 22 heavy (non-hydrogen) atoms. The number of benzene rings is 2. The minimum atomic E-state index is 0.170. The van der Waals surface area contributed by atoms with Crippen molar-refractivity contribution in [2.45, 2.75) is 26.5 Å². The van der Waals surface area contributed by atoms with E-state index in [1.54, 1.807) is 0 Å². The zero-order chi connectivity index (χ0) is 15.9. The van der Waals surface area contributed by atoms with E-state index in [9.17, 15) is 0 Å². The molecule has 0 atom stereocenters. The summed E-state index contributed by atoms with van der Waals surface area (Å²) in [5, 5.41) is 6.94. The van der Waals surface area contributed by atoms with Gasteiger partial charge in [-0.3, -0.25) is 0 Å². The Labute approximate surface area is 145 Å². The molecule has 0 spiro atoms. The zero-order valence-electron chi connectivity index (χ0n) is 12.6. The molecule has 0 aromatic heterocycles. The summed E-state index contributed by atoms with van der Waals surface area (Å²) in [6.45, 7) is 4.68. The van der Waals surface area contributed by atoms with E-state index in [2.05, 4.69) is 26.6 Å². The Hall–Kier alpha value is -1.59. The second-order valence-corrected chi connectivity index (χ2v) is 6.45. The van der Waals surface area contributed by atoms with Crippen LogP contribution in [0.3, 0.4) is 0 Å². The molecule has 0 aliphatic heterocycles. The van der Waals surface area contributed by atoms with Crippen LogP contribution in [0.25, 0.3) is 0 Å². The number of thiocarbonyl (C=S) groups is 1. The molecule has 2 aromatic carbocycles. The Kier molecular flexibility index (Phi) is 6.21. The topological polar surface area (TPSA) is 33.3 Å². The number of halogens is 1. The predicted octanol–water partition coefficient (Wildman–Crippen LogP) is 4.72. The second kappa shape index (κ2) is 8.15. The van der Waals surface area contributed by atoms with Gasteiger partial charge in [0.05, 0.1) is 6.10 Å². The standard InChI is InChI=1S/C17H19BrN2OS/c1-12(2)21-16-5-3-4-13(10-16)11-19-17(22)20-15-8-6-14(18)7-9-15/h3-10,12H,11H2,1-2H3,(H2,19,20,22). The van der Waals surface area contributed by atoms with E-state index in [0.717, 1.165) is 21.5 Å². The molecule has 0 saturated heterocycles. The maximum absolute atomic E-state index is 5.69. The molecule has 0 heterocycles. The summed E-state index contributed by atoms with van der Waals surface area (Å²) < 4.78 is 6.73. The first-order valence-electron chi connectivity index (χ1n) is 7.09. The Bertz CT molecular complexity index is 629. The summed E-state index contributed by atoms with van der Waals surface area (Å²) in [6, 6.07) is 15.9. The summed E-state index contributed by atoms with van der Waals surface area (Å²) >= 11 is 8.71. The summed E-state index contributed by atoms with van der Waals surface area (Å²) in [4.78, 5) is 0. The van der Waals surface area contributed by atoms with Gasteiger partial charge < -0.3 is 15.4 Å². The molecule has 5 heteroatoms. The van der Waals surface area contributed by atoms with Crippen LogP contribution in [-0.2, 0) is 6.54 Å². The third-order valence-electron chi connectivity index (χ3n) is 2.83. The first kappa shape index (κ1) is 16.8. The van der Waals surface area contributed by atoms with Crippen molar-refractivity contribution in [1.29, 1.82) is 0 Å². The third-order valence-corrected chi connectivity index (χ3v) is 3.60. The molecule has 116 valence electrons. The Morgan fingerprint density at radius 1 is 1.18 bits per heavy atom. The van der Waals surface area contributed by atoms with Gasteiger partial charge >= 0.3 is 0 Å². The van der Waals surface area contributed by atoms with Crippen LogP contribution in [0.4, 0.5) is 5.69 Å². The van der Waals surface area contributed by atoms with Crippen molar-refractivity contribution in [1.82, 2.24) is 5.32 Å². The van der Waals surface area contributed by atoms with Crippen LogP contribution in [-0.4, -0.2) is 11.2 Å². The van der Waals surface area contributed by atoms with Crippen molar-refractivity contribution >= 4 is 38.9 Å². The van der Waals surface area contributed by atoms with E-state index in [1.165, 1.54) is 0 Å². The van der Waals surface area contributed by atoms with E-state index in [4.69, 9.17) is 17.0 Å². The predicted molar refractivity (Wildman–Crippen MR) is 99.4 cm³/mol. The van der Waals surface area contributed by atoms with Gasteiger partial charge in [0, 0.05) is 16.7 Å². The minimum Gasteiger partial charge on any atom is -0.491 e. The van der Waals surface area contributed by atoms with Gasteiger partial charge in [-0.1, -0.05) is 28.1 Å². The largest absolute Gasteiger partial charge is 0.491 e. The first-order valence-corrected chi connectivity index (χ1v) is 8.29. The summed E-state index contributed by atoms with van der Waals surface area (Å²) in [5.74, 6) is 0.876. The highest BCUT2D eigenvalue weighted by atomic mass is 79.9. The van der Waals surface area contributed by atoms with Crippen molar-refractivity contribution < 1.29 is 4.74 Å². The molecule has 0 aliphatic carbocycles. The summed E-state index contributed by atoms with van der Waals surface area (Å²) in [5.41, 5.74) is 2.08. The molecule has 0 amide bonds. The van der Waals surface area contributed by atoms with Gasteiger partial charge in [0.2, 0.25) is 0 Å². The van der Waals surface area contributed by atoms with Crippen LogP contribution in [0, 0.1) is 0 Å². The minimum absolute atomic E-state index is 0.170. The normalized spacial score (nSPS) is 10.4. The Morgan fingerprint density at radius 2 is 1.91 bits per heavy atom. The van der Waals surface area contributed by atoms with Gasteiger partial charge in [0.1, 0.15) is 5.75 Å². The summed E-state index contributed by atoms with van der Waals surface area (Å²) in [7, 11) is 0. The van der Waals surface area contributed by atoms with Crippen molar-refractivity contribution in [3.8, 4) is 5.75 Å². The second-order valence-electron chi connectivity index (χ2n) is 5.13. The highest BCUT2D eigenvalue weighted by Crippen LogP contribution is 2.16. The number of nitrogens with one attached hydrogen (secondary N) is 2. The molecular formula is C17H19BrN2OS. The third kappa shape index (κ3) is 5.66. The van der Waals surface area contributed by atoms with Crippen molar-refractivity contribution in [2.24, 2.45) is 0 Å². The fourth-order valence-electron chi connectivity index (χ4n) is 1.89. The van der Waals surface area contributed by atoms with Gasteiger partial charge in [-0.25, -0.2) is 0 Å². The average Bonchev–Trinajstić information content (AvgIpc) is 2.47. The van der Waals surface area contributed by atoms with E-state index < -0.39 is 0 Å². The lowest BCUT2D eigenvalue weighted by Crippen LogP contribution is -2.27. The molecule has 0 bridgehead atoms. The van der Waals surface area contributed by atoms with Gasteiger partial charge in [-0.05, 0) is 68.0 Å². The molecular weight excluding hydrogens is 360 g/mol. The van der Waals surface area contributed by atoms with E-state index in [1.807, 2.05) is 62.4 Å². The number of hydrogen-bond acceptors (Lipinski definition) is 2. The number of rotatable bonds is 5. The maximum Gasteiger partial charge on any atom is 0.171 e. The quantitative estimate of drug-likeness (QED) is 0.737. The van der Waals surface area contributed by atoms with Gasteiger partial charge in [0.15, 0.2) is 5.11 Å². The number of ether oxygens (including phenoxy) is 1. The van der Waals surface area contributed by atoms with Gasteiger partial charge in [-0.15, -0.1) is 0 Å². The fourth-order valence-corrected chi connectivity index (χ4v) is 2.35. The lowest BCUT2D eigenvalue weighted by molar-refractivity contribution is 0.242. The molecule has 3 nitrogen and oxygen atoms in total. The van der Waals surface area contributed by atoms with Gasteiger partial charge in [0.25, 0.3) is 0 Å². The van der Waals surface area contributed by atoms with E-state index in [-0.39, 0.29) is 6.10 Å². The van der Waals surface area contributed by atoms with Crippen LogP contribution < -0.4 is 15.4 Å². The molecule has 2 aromatic rings. The van der Waals surface area contributed by atoms with Gasteiger partial charge in [-0.2, -0.15) is 0 Å². The van der Waals surface area contributed by atoms with Crippen molar-refractivity contribution in [3.63, 3.8) is 0 Å². The van der Waals surface area contributed by atoms with E-state index >= 15 is 0 Å². The summed E-state index contributed by atoms with van der Waals surface area (Å²) in [6.07, 6.45) is 0.170. The van der Waals surface area contributed by atoms with Crippen molar-refractivity contribution in [3.05, 3.63) is 58.6 Å². The molecule has 0 unspecified atom stereocenters. The highest BCUT2D eigenvalue weighted by molar-refractivity contribution is 9.10. The van der Waals surface area contributed by atoms with Crippen molar-refractivity contribution in [2.75, 3.05) is 5.32 Å². The van der Waals surface area contributed by atoms with Crippen LogP contribution in [0.15, 0.2) is 53.0 Å². The number of hydrogen-bond donors (Lipinski definition) is 2. The Balaban J connectivity index is 1.86. The lowest BCUT2D eigenvalue weighted by Gasteiger charge is -2.13. The molecule has 0 aliphatic rings. The molecule has 2 N–H and O–H groups in total. The lowest BCUT2D eigenvalue weighted by atomic mass is 10.2. The number of anilines is 1. The monoisotopic (exact) mass is 378 g/mol. The average molecular weight is 379 g/mol. The highest BCUT2D eigenvalue weighted by Gasteiger charge is 2.01. The maximum atomic E-state index is 5.69. The fraction of sp³-hybridized carbons (Fsp3) is 0.235. The van der Waals surface area contributed by atoms with Crippen LogP contribution in [0.2, 0.25) is 0 Å². The molecule has 2 rings (SSSR count). The molecule has 0 radical (unpaired) electrons. The molecule has 0 fully saturated rings. The first-order chi connectivity index (χ1) is 10.5. The van der Waals surface area contributed by atoms with Crippen LogP contribution in [0.1, 0.15) is 19.4 Å². The molecule has 0 saturated carbocycles. The SMILES string of the molecule is CC(C)Oc1cccc(CNC(=S)Nc2ccc(Br)cc2)c1. The van der Waals surface area contributed by atoms with E-state index in [0.29, 0.717) is 11.7 Å². The smallest absolute Gasteiger partial charge is 0.171 e.